The molecule has 1 saturated heterocycles. The van der Waals surface area contributed by atoms with Crippen molar-refractivity contribution >= 4 is 34.8 Å². The van der Waals surface area contributed by atoms with Crippen molar-refractivity contribution in [1.82, 2.24) is 10.2 Å². The second kappa shape index (κ2) is 11.6. The summed E-state index contributed by atoms with van der Waals surface area (Å²) in [6, 6.07) is 14.3. The highest BCUT2D eigenvalue weighted by atomic mass is 32.1. The molecule has 0 atom stereocenters. The minimum Gasteiger partial charge on any atom is -0.493 e. The SMILES string of the molecule is CC(C)CCOc1ccccc1C(=O)NC(=S)Nc1ccccc1C(=O)N1CCCCC1. The molecule has 0 aliphatic carbocycles. The minimum atomic E-state index is -0.359. The third-order valence-electron chi connectivity index (χ3n) is 5.36. The number of hydrogen-bond donors (Lipinski definition) is 2. The lowest BCUT2D eigenvalue weighted by molar-refractivity contribution is 0.0725. The second-order valence-corrected chi connectivity index (χ2v) is 8.74. The van der Waals surface area contributed by atoms with E-state index in [0.29, 0.717) is 35.1 Å². The smallest absolute Gasteiger partial charge is 0.261 e. The fraction of sp³-hybridized carbons (Fsp3) is 0.400. The Hall–Kier alpha value is -2.93. The van der Waals surface area contributed by atoms with Crippen LogP contribution in [0.15, 0.2) is 48.5 Å². The molecule has 1 aliphatic rings. The molecule has 0 spiro atoms. The molecule has 0 aromatic heterocycles. The first kappa shape index (κ1) is 23.7. The van der Waals surface area contributed by atoms with E-state index in [1.165, 1.54) is 0 Å². The predicted octanol–water partition coefficient (Wildman–Crippen LogP) is 4.86. The van der Waals surface area contributed by atoms with Gasteiger partial charge in [-0.15, -0.1) is 0 Å². The van der Waals surface area contributed by atoms with Gasteiger partial charge in [-0.1, -0.05) is 38.1 Å². The van der Waals surface area contributed by atoms with E-state index in [-0.39, 0.29) is 16.9 Å². The molecule has 170 valence electrons. The number of anilines is 1. The van der Waals surface area contributed by atoms with Crippen molar-refractivity contribution in [2.24, 2.45) is 5.92 Å². The van der Waals surface area contributed by atoms with E-state index in [1.54, 1.807) is 30.3 Å². The van der Waals surface area contributed by atoms with Gasteiger partial charge in [0.1, 0.15) is 5.75 Å². The molecule has 2 aromatic rings. The van der Waals surface area contributed by atoms with E-state index in [4.69, 9.17) is 17.0 Å². The average Bonchev–Trinajstić information content (AvgIpc) is 2.79. The lowest BCUT2D eigenvalue weighted by Crippen LogP contribution is -2.37. The lowest BCUT2D eigenvalue weighted by atomic mass is 10.1. The summed E-state index contributed by atoms with van der Waals surface area (Å²) in [5.74, 6) is 0.655. The van der Waals surface area contributed by atoms with Crippen LogP contribution in [0.3, 0.4) is 0 Å². The normalized spacial score (nSPS) is 13.5. The first-order valence-electron chi connectivity index (χ1n) is 11.2. The standard InChI is InChI=1S/C25H31N3O3S/c1-18(2)14-17-31-22-13-7-5-11-20(22)23(29)27-25(32)26-21-12-6-4-10-19(21)24(30)28-15-8-3-9-16-28/h4-7,10-13,18H,3,8-9,14-17H2,1-2H3,(H2,26,27,29,32). The molecule has 2 N–H and O–H groups in total. The second-order valence-electron chi connectivity index (χ2n) is 8.33. The first-order valence-corrected chi connectivity index (χ1v) is 11.6. The Morgan fingerprint density at radius 3 is 2.38 bits per heavy atom. The fourth-order valence-electron chi connectivity index (χ4n) is 3.55. The van der Waals surface area contributed by atoms with Crippen LogP contribution in [0.4, 0.5) is 5.69 Å². The molecule has 1 fully saturated rings. The zero-order valence-corrected chi connectivity index (χ0v) is 19.5. The number of carbonyl (C=O) groups excluding carboxylic acids is 2. The molecule has 0 bridgehead atoms. The number of likely N-dealkylation sites (tertiary alicyclic amines) is 1. The van der Waals surface area contributed by atoms with Crippen molar-refractivity contribution in [1.29, 1.82) is 0 Å². The molecule has 0 radical (unpaired) electrons. The van der Waals surface area contributed by atoms with E-state index >= 15 is 0 Å². The maximum absolute atomic E-state index is 13.0. The summed E-state index contributed by atoms with van der Waals surface area (Å²) in [7, 11) is 0. The Morgan fingerprint density at radius 1 is 1.00 bits per heavy atom. The van der Waals surface area contributed by atoms with Gasteiger partial charge in [0, 0.05) is 13.1 Å². The Kier molecular flexibility index (Phi) is 8.62. The summed E-state index contributed by atoms with van der Waals surface area (Å²) in [5.41, 5.74) is 1.54. The number of ether oxygens (including phenoxy) is 1. The number of amides is 2. The molecule has 1 heterocycles. The monoisotopic (exact) mass is 453 g/mol. The van der Waals surface area contributed by atoms with Gasteiger partial charge >= 0.3 is 0 Å². The molecule has 6 nitrogen and oxygen atoms in total. The molecule has 2 amide bonds. The molecule has 0 saturated carbocycles. The zero-order chi connectivity index (χ0) is 22.9. The Morgan fingerprint density at radius 2 is 1.66 bits per heavy atom. The van der Waals surface area contributed by atoms with Gasteiger partial charge in [-0.2, -0.15) is 0 Å². The Balaban J connectivity index is 1.65. The van der Waals surface area contributed by atoms with Crippen molar-refractivity contribution in [3.63, 3.8) is 0 Å². The Labute approximate surface area is 195 Å². The van der Waals surface area contributed by atoms with E-state index in [1.807, 2.05) is 23.1 Å². The highest BCUT2D eigenvalue weighted by Gasteiger charge is 2.21. The molecule has 1 aliphatic heterocycles. The minimum absolute atomic E-state index is 0.0224. The third-order valence-corrected chi connectivity index (χ3v) is 5.56. The van der Waals surface area contributed by atoms with Gasteiger partial charge in [0.25, 0.3) is 11.8 Å². The molecule has 0 unspecified atom stereocenters. The van der Waals surface area contributed by atoms with Crippen molar-refractivity contribution in [2.45, 2.75) is 39.5 Å². The van der Waals surface area contributed by atoms with Crippen LogP contribution in [-0.4, -0.2) is 41.5 Å². The van der Waals surface area contributed by atoms with Gasteiger partial charge in [0.15, 0.2) is 5.11 Å². The van der Waals surface area contributed by atoms with Crippen molar-refractivity contribution in [2.75, 3.05) is 25.0 Å². The number of benzene rings is 2. The van der Waals surface area contributed by atoms with Gasteiger partial charge in [0.05, 0.1) is 23.4 Å². The zero-order valence-electron chi connectivity index (χ0n) is 18.7. The summed E-state index contributed by atoms with van der Waals surface area (Å²) in [4.78, 5) is 27.7. The molecule has 3 rings (SSSR count). The highest BCUT2D eigenvalue weighted by Crippen LogP contribution is 2.21. The van der Waals surface area contributed by atoms with E-state index in [9.17, 15) is 9.59 Å². The van der Waals surface area contributed by atoms with Crippen LogP contribution in [0.5, 0.6) is 5.75 Å². The van der Waals surface area contributed by atoms with Gasteiger partial charge < -0.3 is 15.0 Å². The van der Waals surface area contributed by atoms with Gasteiger partial charge in [-0.3, -0.25) is 14.9 Å². The lowest BCUT2D eigenvalue weighted by Gasteiger charge is -2.27. The molecule has 7 heteroatoms. The van der Waals surface area contributed by atoms with Gasteiger partial charge in [-0.05, 0) is 68.1 Å². The number of para-hydroxylation sites is 2. The Bertz CT molecular complexity index is 955. The third kappa shape index (κ3) is 6.53. The maximum Gasteiger partial charge on any atom is 0.261 e. The van der Waals surface area contributed by atoms with E-state index in [0.717, 1.165) is 38.8 Å². The highest BCUT2D eigenvalue weighted by molar-refractivity contribution is 7.80. The van der Waals surface area contributed by atoms with Crippen LogP contribution < -0.4 is 15.4 Å². The predicted molar refractivity (Wildman–Crippen MR) is 131 cm³/mol. The van der Waals surface area contributed by atoms with Crippen LogP contribution in [0.1, 0.15) is 60.2 Å². The molecule has 32 heavy (non-hydrogen) atoms. The average molecular weight is 454 g/mol. The number of nitrogens with zero attached hydrogens (tertiary/aromatic N) is 1. The number of thiocarbonyl (C=S) groups is 1. The quantitative estimate of drug-likeness (QED) is 0.586. The summed E-state index contributed by atoms with van der Waals surface area (Å²) < 4.78 is 5.81. The molecular weight excluding hydrogens is 422 g/mol. The van der Waals surface area contributed by atoms with Crippen LogP contribution >= 0.6 is 12.2 Å². The number of nitrogens with one attached hydrogen (secondary N) is 2. The number of hydrogen-bond acceptors (Lipinski definition) is 4. The van der Waals surface area contributed by atoms with E-state index in [2.05, 4.69) is 24.5 Å². The summed E-state index contributed by atoms with van der Waals surface area (Å²) in [6.07, 6.45) is 4.10. The summed E-state index contributed by atoms with van der Waals surface area (Å²) in [5, 5.41) is 5.86. The largest absolute Gasteiger partial charge is 0.493 e. The summed E-state index contributed by atoms with van der Waals surface area (Å²) in [6.45, 7) is 6.32. The molecular formula is C25H31N3O3S. The van der Waals surface area contributed by atoms with Crippen LogP contribution in [-0.2, 0) is 0 Å². The van der Waals surface area contributed by atoms with Gasteiger partial charge in [-0.25, -0.2) is 0 Å². The van der Waals surface area contributed by atoms with Crippen molar-refractivity contribution in [3.05, 3.63) is 59.7 Å². The van der Waals surface area contributed by atoms with Crippen LogP contribution in [0.2, 0.25) is 0 Å². The van der Waals surface area contributed by atoms with Crippen LogP contribution in [0.25, 0.3) is 0 Å². The van der Waals surface area contributed by atoms with Gasteiger partial charge in [0.2, 0.25) is 0 Å². The van der Waals surface area contributed by atoms with Crippen molar-refractivity contribution < 1.29 is 14.3 Å². The first-order chi connectivity index (χ1) is 15.5. The number of rotatable bonds is 7. The fourth-order valence-corrected chi connectivity index (χ4v) is 3.76. The van der Waals surface area contributed by atoms with Crippen molar-refractivity contribution in [3.8, 4) is 5.75 Å². The topological polar surface area (TPSA) is 70.7 Å². The maximum atomic E-state index is 13.0. The number of piperidine rings is 1. The summed E-state index contributed by atoms with van der Waals surface area (Å²) >= 11 is 5.37. The molecule has 2 aromatic carbocycles. The number of carbonyl (C=O) groups is 2. The van der Waals surface area contributed by atoms with E-state index < -0.39 is 0 Å². The van der Waals surface area contributed by atoms with Crippen LogP contribution in [0, 0.1) is 5.92 Å².